The van der Waals surface area contributed by atoms with Crippen molar-refractivity contribution >= 4 is 34.5 Å². The number of carbonyl (C=O) groups excluding carboxylic acids is 2. The Hall–Kier alpha value is -3.14. The summed E-state index contributed by atoms with van der Waals surface area (Å²) in [6, 6.07) is 3.48. The maximum absolute atomic E-state index is 12.6. The first kappa shape index (κ1) is 19.6. The SMILES string of the molecule is COCC(=O)N1CCN(C(=O)Cn2cc3cc(NC(=O)O)c(C)cc3n2)CC1. The van der Waals surface area contributed by atoms with Crippen LogP contribution in [0.15, 0.2) is 18.3 Å². The predicted molar refractivity (Wildman–Crippen MR) is 101 cm³/mol. The van der Waals surface area contributed by atoms with Crippen LogP contribution in [0.4, 0.5) is 10.5 Å². The predicted octanol–water partition coefficient (Wildman–Crippen LogP) is 0.752. The van der Waals surface area contributed by atoms with E-state index in [0.717, 1.165) is 10.9 Å². The van der Waals surface area contributed by atoms with E-state index >= 15 is 0 Å². The zero-order valence-corrected chi connectivity index (χ0v) is 15.8. The lowest BCUT2D eigenvalue weighted by Gasteiger charge is -2.34. The van der Waals surface area contributed by atoms with E-state index in [2.05, 4.69) is 10.4 Å². The molecule has 1 saturated heterocycles. The standard InChI is InChI=1S/C18H23N5O5/c1-12-7-15-13(8-14(12)19-18(26)27)9-23(20-15)10-16(24)21-3-5-22(6-4-21)17(25)11-28-2/h7-9,19H,3-6,10-11H2,1-2H3,(H,26,27). The van der Waals surface area contributed by atoms with Gasteiger partial charge in [0.2, 0.25) is 11.8 Å². The molecule has 0 saturated carbocycles. The van der Waals surface area contributed by atoms with E-state index in [1.807, 2.05) is 0 Å². The van der Waals surface area contributed by atoms with Gasteiger partial charge in [0.15, 0.2) is 0 Å². The largest absolute Gasteiger partial charge is 0.465 e. The van der Waals surface area contributed by atoms with Gasteiger partial charge in [-0.3, -0.25) is 19.6 Å². The van der Waals surface area contributed by atoms with Crippen molar-refractivity contribution in [3.8, 4) is 0 Å². The molecule has 1 aliphatic heterocycles. The van der Waals surface area contributed by atoms with Crippen molar-refractivity contribution in [2.45, 2.75) is 13.5 Å². The van der Waals surface area contributed by atoms with Crippen LogP contribution < -0.4 is 5.32 Å². The Kier molecular flexibility index (Phi) is 5.78. The van der Waals surface area contributed by atoms with Gasteiger partial charge in [0, 0.05) is 50.6 Å². The van der Waals surface area contributed by atoms with Crippen molar-refractivity contribution in [3.63, 3.8) is 0 Å². The molecule has 28 heavy (non-hydrogen) atoms. The lowest BCUT2D eigenvalue weighted by atomic mass is 10.1. The normalized spacial score (nSPS) is 14.4. The third kappa shape index (κ3) is 4.39. The second kappa shape index (κ2) is 8.26. The van der Waals surface area contributed by atoms with Crippen LogP contribution in [0.5, 0.6) is 0 Å². The Labute approximate surface area is 161 Å². The highest BCUT2D eigenvalue weighted by molar-refractivity contribution is 5.90. The number of aryl methyl sites for hydroxylation is 1. The van der Waals surface area contributed by atoms with Crippen molar-refractivity contribution < 1.29 is 24.2 Å². The third-order valence-electron chi connectivity index (χ3n) is 4.69. The van der Waals surface area contributed by atoms with Crippen LogP contribution >= 0.6 is 0 Å². The van der Waals surface area contributed by atoms with Gasteiger partial charge < -0.3 is 19.6 Å². The van der Waals surface area contributed by atoms with E-state index in [0.29, 0.717) is 37.4 Å². The fraction of sp³-hybridized carbons (Fsp3) is 0.444. The zero-order chi connectivity index (χ0) is 20.3. The van der Waals surface area contributed by atoms with Gasteiger partial charge in [-0.05, 0) is 24.6 Å². The quantitative estimate of drug-likeness (QED) is 0.779. The van der Waals surface area contributed by atoms with E-state index in [9.17, 15) is 14.4 Å². The number of ether oxygens (including phenoxy) is 1. The topological polar surface area (TPSA) is 117 Å². The first-order valence-corrected chi connectivity index (χ1v) is 8.89. The molecule has 1 aliphatic rings. The van der Waals surface area contributed by atoms with Gasteiger partial charge in [-0.2, -0.15) is 5.10 Å². The van der Waals surface area contributed by atoms with Gasteiger partial charge in [-0.25, -0.2) is 4.79 Å². The number of hydrogen-bond donors (Lipinski definition) is 2. The van der Waals surface area contributed by atoms with Crippen molar-refractivity contribution in [2.75, 3.05) is 45.2 Å². The second-order valence-corrected chi connectivity index (χ2v) is 6.68. The van der Waals surface area contributed by atoms with E-state index in [1.165, 1.54) is 7.11 Å². The van der Waals surface area contributed by atoms with Gasteiger partial charge >= 0.3 is 6.09 Å². The highest BCUT2D eigenvalue weighted by atomic mass is 16.5. The Morgan fingerprint density at radius 1 is 1.14 bits per heavy atom. The zero-order valence-electron chi connectivity index (χ0n) is 15.8. The molecule has 3 rings (SSSR count). The number of anilines is 1. The molecule has 10 heteroatoms. The van der Waals surface area contributed by atoms with Crippen LogP contribution in [0.3, 0.4) is 0 Å². The molecule has 10 nitrogen and oxygen atoms in total. The van der Waals surface area contributed by atoms with Gasteiger partial charge in [-0.15, -0.1) is 0 Å². The maximum Gasteiger partial charge on any atom is 0.409 e. The molecule has 0 bridgehead atoms. The molecule has 0 radical (unpaired) electrons. The number of hydrogen-bond acceptors (Lipinski definition) is 5. The summed E-state index contributed by atoms with van der Waals surface area (Å²) >= 11 is 0. The lowest BCUT2D eigenvalue weighted by Crippen LogP contribution is -2.52. The Balaban J connectivity index is 1.63. The Bertz CT molecular complexity index is 901. The number of benzene rings is 1. The molecule has 150 valence electrons. The van der Waals surface area contributed by atoms with Gasteiger partial charge in [0.05, 0.1) is 5.52 Å². The van der Waals surface area contributed by atoms with E-state index < -0.39 is 6.09 Å². The number of nitrogens with one attached hydrogen (secondary N) is 1. The molecule has 0 unspecified atom stereocenters. The van der Waals surface area contributed by atoms with Crippen molar-refractivity contribution in [1.82, 2.24) is 19.6 Å². The number of rotatable bonds is 5. The van der Waals surface area contributed by atoms with Crippen molar-refractivity contribution in [1.29, 1.82) is 0 Å². The van der Waals surface area contributed by atoms with E-state index in [1.54, 1.807) is 39.7 Å². The summed E-state index contributed by atoms with van der Waals surface area (Å²) in [6.07, 6.45) is 0.589. The molecule has 1 fully saturated rings. The van der Waals surface area contributed by atoms with Crippen LogP contribution in [0.1, 0.15) is 5.56 Å². The highest BCUT2D eigenvalue weighted by Crippen LogP contribution is 2.23. The summed E-state index contributed by atoms with van der Waals surface area (Å²) in [6.45, 7) is 3.84. The van der Waals surface area contributed by atoms with Crippen LogP contribution in [0.2, 0.25) is 0 Å². The molecule has 2 aromatic rings. The van der Waals surface area contributed by atoms with E-state index in [4.69, 9.17) is 9.84 Å². The molecule has 1 aromatic heterocycles. The Morgan fingerprint density at radius 2 is 1.79 bits per heavy atom. The summed E-state index contributed by atoms with van der Waals surface area (Å²) in [7, 11) is 1.48. The average Bonchev–Trinajstić information content (AvgIpc) is 3.02. The fourth-order valence-corrected chi connectivity index (χ4v) is 3.22. The fourth-order valence-electron chi connectivity index (χ4n) is 3.22. The number of nitrogens with zero attached hydrogens (tertiary/aromatic N) is 4. The molecular weight excluding hydrogens is 366 g/mol. The number of amides is 3. The van der Waals surface area contributed by atoms with Crippen LogP contribution in [-0.2, 0) is 20.9 Å². The van der Waals surface area contributed by atoms with Crippen molar-refractivity contribution in [2.24, 2.45) is 0 Å². The van der Waals surface area contributed by atoms with Crippen LogP contribution in [0, 0.1) is 6.92 Å². The summed E-state index contributed by atoms with van der Waals surface area (Å²) < 4.78 is 6.41. The average molecular weight is 389 g/mol. The first-order valence-electron chi connectivity index (χ1n) is 8.89. The molecule has 0 spiro atoms. The number of fused-ring (bicyclic) bond motifs is 1. The molecule has 1 aromatic carbocycles. The molecule has 2 heterocycles. The molecule has 0 atom stereocenters. The molecule has 2 N–H and O–H groups in total. The van der Waals surface area contributed by atoms with Crippen LogP contribution in [-0.4, -0.2) is 82.5 Å². The second-order valence-electron chi connectivity index (χ2n) is 6.68. The summed E-state index contributed by atoms with van der Waals surface area (Å²) in [5.74, 6) is -0.152. The monoisotopic (exact) mass is 389 g/mol. The third-order valence-corrected chi connectivity index (χ3v) is 4.69. The van der Waals surface area contributed by atoms with Crippen molar-refractivity contribution in [3.05, 3.63) is 23.9 Å². The molecular formula is C18H23N5O5. The summed E-state index contributed by atoms with van der Waals surface area (Å²) in [5.41, 5.74) is 1.93. The van der Waals surface area contributed by atoms with Gasteiger partial charge in [-0.1, -0.05) is 0 Å². The lowest BCUT2D eigenvalue weighted by molar-refractivity contribution is -0.142. The minimum atomic E-state index is -1.13. The number of piperazine rings is 1. The van der Waals surface area contributed by atoms with Crippen LogP contribution in [0.25, 0.3) is 10.9 Å². The van der Waals surface area contributed by atoms with Gasteiger partial charge in [0.1, 0.15) is 13.2 Å². The summed E-state index contributed by atoms with van der Waals surface area (Å²) in [4.78, 5) is 38.7. The maximum atomic E-state index is 12.6. The number of carboxylic acid groups (broad SMARTS) is 1. The van der Waals surface area contributed by atoms with E-state index in [-0.39, 0.29) is 25.0 Å². The minimum Gasteiger partial charge on any atom is -0.465 e. The smallest absolute Gasteiger partial charge is 0.409 e. The number of carbonyl (C=O) groups is 3. The highest BCUT2D eigenvalue weighted by Gasteiger charge is 2.24. The summed E-state index contributed by atoms with van der Waals surface area (Å²) in [5, 5.41) is 16.4. The number of aromatic nitrogens is 2. The number of methoxy groups -OCH3 is 1. The van der Waals surface area contributed by atoms with Gasteiger partial charge in [0.25, 0.3) is 0 Å². The minimum absolute atomic E-state index is 0.0476. The molecule has 3 amide bonds. The molecule has 0 aliphatic carbocycles. The first-order chi connectivity index (χ1) is 13.4. The Morgan fingerprint density at radius 3 is 2.39 bits per heavy atom.